The van der Waals surface area contributed by atoms with Gasteiger partial charge in [-0.15, -0.1) is 0 Å². The molecule has 6 heteroatoms. The van der Waals surface area contributed by atoms with Crippen LogP contribution in [0.2, 0.25) is 0 Å². The molecule has 2 aliphatic rings. The molecule has 35 heavy (non-hydrogen) atoms. The number of carbonyl (C=O) groups excluding carboxylic acids is 2. The zero-order valence-electron chi connectivity index (χ0n) is 20.8. The van der Waals surface area contributed by atoms with Crippen LogP contribution in [0.1, 0.15) is 68.9 Å². The van der Waals surface area contributed by atoms with E-state index in [4.69, 9.17) is 0 Å². The van der Waals surface area contributed by atoms with Gasteiger partial charge in [0.2, 0.25) is 11.8 Å². The number of hydrogen-bond acceptors (Lipinski definition) is 3. The first-order valence-electron chi connectivity index (χ1n) is 13.2. The summed E-state index contributed by atoms with van der Waals surface area (Å²) >= 11 is 0. The second-order valence-electron chi connectivity index (χ2n) is 10.1. The van der Waals surface area contributed by atoms with Gasteiger partial charge in [0.15, 0.2) is 0 Å². The zero-order chi connectivity index (χ0) is 24.6. The Bertz CT molecular complexity index is 991. The second kappa shape index (κ2) is 12.2. The average Bonchev–Trinajstić information content (AvgIpc) is 3.28. The number of fused-ring (bicyclic) bond motifs is 1. The van der Waals surface area contributed by atoms with Crippen molar-refractivity contribution < 1.29 is 14.0 Å². The number of halogens is 1. The van der Waals surface area contributed by atoms with Gasteiger partial charge in [0.1, 0.15) is 11.9 Å². The molecule has 0 aromatic heterocycles. The number of benzene rings is 2. The van der Waals surface area contributed by atoms with E-state index >= 15 is 0 Å². The van der Waals surface area contributed by atoms with E-state index in [2.05, 4.69) is 15.5 Å². The summed E-state index contributed by atoms with van der Waals surface area (Å²) in [4.78, 5) is 28.4. The number of rotatable bonds is 10. The molecular weight excluding hydrogens is 441 g/mol. The highest BCUT2D eigenvalue weighted by Gasteiger charge is 2.26. The Morgan fingerprint density at radius 1 is 1.06 bits per heavy atom. The topological polar surface area (TPSA) is 61.4 Å². The van der Waals surface area contributed by atoms with Gasteiger partial charge in [-0.1, -0.05) is 62.4 Å². The standard InChI is InChI=1S/C29H38FN3O2/c1-21(23-10-6-3-7-11-23)28(34)32-26(14-12-22-8-4-2-5-9-22)29(35)31-17-19-33-18-16-24-20-25(30)13-15-27(24)33/h3,6-7,10-11,13,15,20-22,26H,2,4-5,8-9,12,14,16-19H2,1H3,(H,31,35)(H,32,34)/t21-,26+/m1/s1. The number of amides is 2. The van der Waals surface area contributed by atoms with Gasteiger partial charge >= 0.3 is 0 Å². The Hall–Kier alpha value is -2.89. The van der Waals surface area contributed by atoms with E-state index < -0.39 is 6.04 Å². The lowest BCUT2D eigenvalue weighted by atomic mass is 9.85. The predicted octanol–water partition coefficient (Wildman–Crippen LogP) is 4.95. The first kappa shape index (κ1) is 25.2. The molecule has 5 nitrogen and oxygen atoms in total. The highest BCUT2D eigenvalue weighted by atomic mass is 19.1. The van der Waals surface area contributed by atoms with E-state index in [0.29, 0.717) is 25.4 Å². The maximum absolute atomic E-state index is 13.5. The van der Waals surface area contributed by atoms with Crippen molar-refractivity contribution in [2.45, 2.75) is 70.3 Å². The van der Waals surface area contributed by atoms with E-state index in [-0.39, 0.29) is 23.5 Å². The fourth-order valence-electron chi connectivity index (χ4n) is 5.45. The van der Waals surface area contributed by atoms with Crippen molar-refractivity contribution >= 4 is 17.5 Å². The van der Waals surface area contributed by atoms with Crippen LogP contribution in [-0.4, -0.2) is 37.5 Å². The molecule has 2 aromatic carbocycles. The van der Waals surface area contributed by atoms with Crippen molar-refractivity contribution in [3.8, 4) is 0 Å². The van der Waals surface area contributed by atoms with Crippen molar-refractivity contribution in [2.75, 3.05) is 24.5 Å². The Kier molecular flexibility index (Phi) is 8.78. The normalized spacial score (nSPS) is 17.5. The monoisotopic (exact) mass is 479 g/mol. The molecule has 2 N–H and O–H groups in total. The summed E-state index contributed by atoms with van der Waals surface area (Å²) in [6, 6.07) is 14.0. The van der Waals surface area contributed by atoms with Gasteiger partial charge in [0, 0.05) is 25.3 Å². The van der Waals surface area contributed by atoms with E-state index in [1.165, 1.54) is 38.2 Å². The Labute approximate surface area is 208 Å². The van der Waals surface area contributed by atoms with Crippen molar-refractivity contribution in [1.29, 1.82) is 0 Å². The molecule has 1 aliphatic heterocycles. The third-order valence-corrected chi connectivity index (χ3v) is 7.63. The summed E-state index contributed by atoms with van der Waals surface area (Å²) in [5.41, 5.74) is 3.00. The second-order valence-corrected chi connectivity index (χ2v) is 10.1. The van der Waals surface area contributed by atoms with Gasteiger partial charge in [-0.2, -0.15) is 0 Å². The van der Waals surface area contributed by atoms with Crippen molar-refractivity contribution in [3.63, 3.8) is 0 Å². The lowest BCUT2D eigenvalue weighted by molar-refractivity contribution is -0.129. The maximum Gasteiger partial charge on any atom is 0.242 e. The first-order chi connectivity index (χ1) is 17.0. The van der Waals surface area contributed by atoms with Crippen LogP contribution in [-0.2, 0) is 16.0 Å². The zero-order valence-corrected chi connectivity index (χ0v) is 20.8. The van der Waals surface area contributed by atoms with Gasteiger partial charge in [-0.25, -0.2) is 4.39 Å². The number of anilines is 1. The maximum atomic E-state index is 13.5. The van der Waals surface area contributed by atoms with Gasteiger partial charge in [0.05, 0.1) is 5.92 Å². The molecular formula is C29H38FN3O2. The quantitative estimate of drug-likeness (QED) is 0.507. The summed E-state index contributed by atoms with van der Waals surface area (Å²) in [5, 5.41) is 6.10. The minimum absolute atomic E-state index is 0.115. The molecule has 1 heterocycles. The molecule has 2 amide bonds. The lowest BCUT2D eigenvalue weighted by Crippen LogP contribution is -2.49. The fraction of sp³-hybridized carbons (Fsp3) is 0.517. The van der Waals surface area contributed by atoms with Gasteiger partial charge < -0.3 is 15.5 Å². The lowest BCUT2D eigenvalue weighted by Gasteiger charge is -2.26. The molecule has 1 saturated carbocycles. The van der Waals surface area contributed by atoms with Crippen molar-refractivity contribution in [2.24, 2.45) is 5.92 Å². The summed E-state index contributed by atoms with van der Waals surface area (Å²) in [6.07, 6.45) is 8.71. The predicted molar refractivity (Wildman–Crippen MR) is 138 cm³/mol. The van der Waals surface area contributed by atoms with Crippen LogP contribution < -0.4 is 15.5 Å². The third-order valence-electron chi connectivity index (χ3n) is 7.63. The number of hydrogen-bond donors (Lipinski definition) is 2. The van der Waals surface area contributed by atoms with Gasteiger partial charge in [-0.3, -0.25) is 9.59 Å². The molecule has 0 unspecified atom stereocenters. The first-order valence-corrected chi connectivity index (χ1v) is 13.2. The van der Waals surface area contributed by atoms with Crippen LogP contribution in [0.5, 0.6) is 0 Å². The molecule has 188 valence electrons. The van der Waals surface area contributed by atoms with Crippen LogP contribution in [0.3, 0.4) is 0 Å². The number of carbonyl (C=O) groups is 2. The van der Waals surface area contributed by atoms with Crippen LogP contribution in [0.25, 0.3) is 0 Å². The van der Waals surface area contributed by atoms with Crippen LogP contribution >= 0.6 is 0 Å². The van der Waals surface area contributed by atoms with Gasteiger partial charge in [-0.05, 0) is 61.4 Å². The Balaban J connectivity index is 1.33. The molecule has 0 saturated heterocycles. The average molecular weight is 480 g/mol. The highest BCUT2D eigenvalue weighted by molar-refractivity contribution is 5.90. The van der Waals surface area contributed by atoms with Crippen LogP contribution in [0, 0.1) is 11.7 Å². The van der Waals surface area contributed by atoms with Gasteiger partial charge in [0.25, 0.3) is 0 Å². The highest BCUT2D eigenvalue weighted by Crippen LogP contribution is 2.29. The minimum atomic E-state index is -0.532. The Morgan fingerprint density at radius 3 is 2.60 bits per heavy atom. The van der Waals surface area contributed by atoms with E-state index in [0.717, 1.165) is 36.2 Å². The molecule has 1 fully saturated rings. The molecule has 2 atom stereocenters. The van der Waals surface area contributed by atoms with E-state index in [9.17, 15) is 14.0 Å². The summed E-state index contributed by atoms with van der Waals surface area (Å²) < 4.78 is 13.5. The molecule has 2 aromatic rings. The summed E-state index contributed by atoms with van der Waals surface area (Å²) in [7, 11) is 0. The van der Waals surface area contributed by atoms with Crippen LogP contribution in [0.15, 0.2) is 48.5 Å². The Morgan fingerprint density at radius 2 is 1.83 bits per heavy atom. The van der Waals surface area contributed by atoms with Crippen LogP contribution in [0.4, 0.5) is 10.1 Å². The SMILES string of the molecule is C[C@@H](C(=O)N[C@@H](CCC1CCCCC1)C(=O)NCCN1CCc2cc(F)ccc21)c1ccccc1. The minimum Gasteiger partial charge on any atom is -0.369 e. The largest absolute Gasteiger partial charge is 0.369 e. The summed E-state index contributed by atoms with van der Waals surface area (Å²) in [6.45, 7) is 3.85. The fourth-order valence-corrected chi connectivity index (χ4v) is 5.45. The molecule has 0 spiro atoms. The third kappa shape index (κ3) is 6.83. The van der Waals surface area contributed by atoms with E-state index in [1.807, 2.05) is 43.3 Å². The molecule has 1 aliphatic carbocycles. The van der Waals surface area contributed by atoms with Crippen molar-refractivity contribution in [1.82, 2.24) is 10.6 Å². The summed E-state index contributed by atoms with van der Waals surface area (Å²) in [5.74, 6) is -0.115. The smallest absolute Gasteiger partial charge is 0.242 e. The number of nitrogens with zero attached hydrogens (tertiary/aromatic N) is 1. The molecule has 4 rings (SSSR count). The molecule has 0 radical (unpaired) electrons. The molecule has 0 bridgehead atoms. The number of nitrogens with one attached hydrogen (secondary N) is 2. The van der Waals surface area contributed by atoms with Crippen molar-refractivity contribution in [3.05, 3.63) is 65.5 Å². The van der Waals surface area contributed by atoms with E-state index in [1.54, 1.807) is 6.07 Å².